The quantitative estimate of drug-likeness (QED) is 0.748. The minimum absolute atomic E-state index is 0.0662. The molecule has 0 aliphatic carbocycles. The highest BCUT2D eigenvalue weighted by Crippen LogP contribution is 2.25. The van der Waals surface area contributed by atoms with Gasteiger partial charge in [0, 0.05) is 30.8 Å². The summed E-state index contributed by atoms with van der Waals surface area (Å²) in [4.78, 5) is 19.2. The molecular formula is C20H20FN5O. The van der Waals surface area contributed by atoms with Crippen LogP contribution in [0.1, 0.15) is 27.8 Å². The number of carbonyl (C=O) groups excluding carboxylic acids is 1. The number of H-pyrrole nitrogens is 1. The second-order valence-electron chi connectivity index (χ2n) is 6.60. The number of amides is 1. The highest BCUT2D eigenvalue weighted by Gasteiger charge is 2.28. The number of nitrogens with zero attached hydrogens (tertiary/aromatic N) is 3. The van der Waals surface area contributed by atoms with Crippen molar-refractivity contribution in [3.63, 3.8) is 0 Å². The van der Waals surface area contributed by atoms with Gasteiger partial charge in [0.25, 0.3) is 5.91 Å². The Labute approximate surface area is 156 Å². The molecule has 138 valence electrons. The van der Waals surface area contributed by atoms with Crippen molar-refractivity contribution in [1.82, 2.24) is 25.4 Å². The van der Waals surface area contributed by atoms with Crippen molar-refractivity contribution < 1.29 is 9.18 Å². The molecule has 1 saturated heterocycles. The number of aryl methyl sites for hydroxylation is 1. The summed E-state index contributed by atoms with van der Waals surface area (Å²) in [5, 5.41) is 10.2. The van der Waals surface area contributed by atoms with Gasteiger partial charge < -0.3 is 10.2 Å². The fourth-order valence-electron chi connectivity index (χ4n) is 3.36. The average Bonchev–Trinajstić information content (AvgIpc) is 3.14. The van der Waals surface area contributed by atoms with Gasteiger partial charge in [-0.2, -0.15) is 5.10 Å². The molecule has 2 N–H and O–H groups in total. The van der Waals surface area contributed by atoms with Crippen LogP contribution >= 0.6 is 0 Å². The number of halogens is 1. The lowest BCUT2D eigenvalue weighted by Gasteiger charge is -2.36. The molecule has 1 fully saturated rings. The third-order valence-corrected chi connectivity index (χ3v) is 4.72. The summed E-state index contributed by atoms with van der Waals surface area (Å²) in [6.07, 6.45) is 0. The zero-order valence-electron chi connectivity index (χ0n) is 14.9. The van der Waals surface area contributed by atoms with Crippen molar-refractivity contribution in [2.24, 2.45) is 0 Å². The van der Waals surface area contributed by atoms with Gasteiger partial charge >= 0.3 is 0 Å². The Kier molecular flexibility index (Phi) is 4.68. The van der Waals surface area contributed by atoms with Gasteiger partial charge in [0.15, 0.2) is 5.82 Å². The minimum atomic E-state index is -0.295. The first-order valence-electron chi connectivity index (χ1n) is 8.88. The molecule has 27 heavy (non-hydrogen) atoms. The standard InChI is InChI=1S/C20H20FN5O/c1-13-23-19(25-24-13)14-5-7-15(8-6-14)20(27)26-10-9-22-12-18(26)16-3-2-4-17(21)11-16/h2-8,11,18,22H,9-10,12H2,1H3,(H,23,24,25). The summed E-state index contributed by atoms with van der Waals surface area (Å²) in [6.45, 7) is 3.73. The number of aromatic nitrogens is 3. The molecule has 1 aliphatic heterocycles. The van der Waals surface area contributed by atoms with Crippen LogP contribution in [-0.4, -0.2) is 45.6 Å². The molecule has 1 atom stereocenters. The third kappa shape index (κ3) is 3.59. The third-order valence-electron chi connectivity index (χ3n) is 4.72. The number of piperazine rings is 1. The lowest BCUT2D eigenvalue weighted by Crippen LogP contribution is -2.48. The van der Waals surface area contributed by atoms with Crippen LogP contribution < -0.4 is 5.32 Å². The van der Waals surface area contributed by atoms with E-state index in [0.29, 0.717) is 31.0 Å². The summed E-state index contributed by atoms with van der Waals surface area (Å²) in [7, 11) is 0. The molecule has 0 radical (unpaired) electrons. The van der Waals surface area contributed by atoms with E-state index in [1.165, 1.54) is 12.1 Å². The fraction of sp³-hybridized carbons (Fsp3) is 0.250. The summed E-state index contributed by atoms with van der Waals surface area (Å²) < 4.78 is 13.6. The van der Waals surface area contributed by atoms with E-state index in [4.69, 9.17) is 0 Å². The molecule has 2 heterocycles. The maximum atomic E-state index is 13.6. The molecular weight excluding hydrogens is 345 g/mol. The van der Waals surface area contributed by atoms with Crippen molar-refractivity contribution in [2.45, 2.75) is 13.0 Å². The van der Waals surface area contributed by atoms with Crippen LogP contribution in [0.2, 0.25) is 0 Å². The first-order chi connectivity index (χ1) is 13.1. The minimum Gasteiger partial charge on any atom is -0.329 e. The molecule has 6 nitrogen and oxygen atoms in total. The lowest BCUT2D eigenvalue weighted by molar-refractivity contribution is 0.0634. The molecule has 0 saturated carbocycles. The number of aromatic amines is 1. The van der Waals surface area contributed by atoms with Gasteiger partial charge in [-0.15, -0.1) is 0 Å². The van der Waals surface area contributed by atoms with Gasteiger partial charge in [0.1, 0.15) is 11.6 Å². The molecule has 1 aromatic heterocycles. The Morgan fingerprint density at radius 2 is 2.04 bits per heavy atom. The summed E-state index contributed by atoms with van der Waals surface area (Å²) >= 11 is 0. The van der Waals surface area contributed by atoms with E-state index < -0.39 is 0 Å². The van der Waals surface area contributed by atoms with Crippen molar-refractivity contribution >= 4 is 5.91 Å². The highest BCUT2D eigenvalue weighted by molar-refractivity contribution is 5.95. The van der Waals surface area contributed by atoms with E-state index in [1.807, 2.05) is 25.1 Å². The predicted octanol–water partition coefficient (Wildman–Crippen LogP) is 2.71. The summed E-state index contributed by atoms with van der Waals surface area (Å²) in [6, 6.07) is 13.5. The zero-order valence-corrected chi connectivity index (χ0v) is 14.9. The lowest BCUT2D eigenvalue weighted by atomic mass is 10.0. The summed E-state index contributed by atoms with van der Waals surface area (Å²) in [5.41, 5.74) is 2.23. The van der Waals surface area contributed by atoms with E-state index in [1.54, 1.807) is 23.1 Å². The monoisotopic (exact) mass is 365 g/mol. The normalized spacial score (nSPS) is 17.1. The molecule has 0 bridgehead atoms. The van der Waals surface area contributed by atoms with Crippen LogP contribution in [0, 0.1) is 12.7 Å². The molecule has 2 aromatic carbocycles. The molecule has 3 aromatic rings. The van der Waals surface area contributed by atoms with E-state index >= 15 is 0 Å². The fourth-order valence-corrected chi connectivity index (χ4v) is 3.36. The van der Waals surface area contributed by atoms with Gasteiger partial charge in [-0.1, -0.05) is 24.3 Å². The Morgan fingerprint density at radius 3 is 2.74 bits per heavy atom. The molecule has 1 unspecified atom stereocenters. The first-order valence-corrected chi connectivity index (χ1v) is 8.88. The molecule has 0 spiro atoms. The number of hydrogen-bond acceptors (Lipinski definition) is 4. The maximum absolute atomic E-state index is 13.6. The highest BCUT2D eigenvalue weighted by atomic mass is 19.1. The van der Waals surface area contributed by atoms with Crippen LogP contribution in [0.3, 0.4) is 0 Å². The number of hydrogen-bond donors (Lipinski definition) is 2. The Hall–Kier alpha value is -3.06. The second-order valence-corrected chi connectivity index (χ2v) is 6.60. The second kappa shape index (κ2) is 7.28. The number of nitrogens with one attached hydrogen (secondary N) is 2. The Bertz CT molecular complexity index is 953. The van der Waals surface area contributed by atoms with Crippen LogP contribution in [0.25, 0.3) is 11.4 Å². The van der Waals surface area contributed by atoms with Crippen molar-refractivity contribution in [3.8, 4) is 11.4 Å². The predicted molar refractivity (Wildman–Crippen MR) is 99.6 cm³/mol. The van der Waals surface area contributed by atoms with Crippen molar-refractivity contribution in [3.05, 3.63) is 71.3 Å². The van der Waals surface area contributed by atoms with Crippen LogP contribution in [0.15, 0.2) is 48.5 Å². The maximum Gasteiger partial charge on any atom is 0.254 e. The van der Waals surface area contributed by atoms with Gasteiger partial charge in [0.2, 0.25) is 0 Å². The number of rotatable bonds is 3. The average molecular weight is 365 g/mol. The van der Waals surface area contributed by atoms with E-state index in [9.17, 15) is 9.18 Å². The SMILES string of the molecule is Cc1nc(-c2ccc(C(=O)N3CCNCC3c3cccc(F)c3)cc2)n[nH]1. The smallest absolute Gasteiger partial charge is 0.254 e. The topological polar surface area (TPSA) is 73.9 Å². The molecule has 7 heteroatoms. The van der Waals surface area contributed by atoms with Crippen LogP contribution in [0.4, 0.5) is 4.39 Å². The van der Waals surface area contributed by atoms with E-state index in [0.717, 1.165) is 17.0 Å². The van der Waals surface area contributed by atoms with Crippen molar-refractivity contribution in [2.75, 3.05) is 19.6 Å². The summed E-state index contributed by atoms with van der Waals surface area (Å²) in [5.74, 6) is 0.982. The zero-order chi connectivity index (χ0) is 18.8. The molecule has 1 amide bonds. The van der Waals surface area contributed by atoms with Gasteiger partial charge in [-0.05, 0) is 36.8 Å². The molecule has 1 aliphatic rings. The Balaban J connectivity index is 1.58. The van der Waals surface area contributed by atoms with Crippen LogP contribution in [0.5, 0.6) is 0 Å². The number of benzene rings is 2. The molecule has 4 rings (SSSR count). The Morgan fingerprint density at radius 1 is 1.22 bits per heavy atom. The van der Waals surface area contributed by atoms with Gasteiger partial charge in [-0.25, -0.2) is 9.37 Å². The largest absolute Gasteiger partial charge is 0.329 e. The van der Waals surface area contributed by atoms with E-state index in [2.05, 4.69) is 20.5 Å². The first kappa shape index (κ1) is 17.4. The van der Waals surface area contributed by atoms with Crippen molar-refractivity contribution in [1.29, 1.82) is 0 Å². The van der Waals surface area contributed by atoms with E-state index in [-0.39, 0.29) is 17.8 Å². The van der Waals surface area contributed by atoms with Crippen LogP contribution in [-0.2, 0) is 0 Å². The van der Waals surface area contributed by atoms with Gasteiger partial charge in [0.05, 0.1) is 6.04 Å². The number of carbonyl (C=O) groups is 1. The van der Waals surface area contributed by atoms with Gasteiger partial charge in [-0.3, -0.25) is 9.89 Å².